The second-order valence-electron chi connectivity index (χ2n) is 4.11. The molecule has 0 saturated heterocycles. The Labute approximate surface area is 79.6 Å². The zero-order valence-electron chi connectivity index (χ0n) is 7.79. The number of nitrogens with one attached hydrogen (secondary N) is 1. The summed E-state index contributed by atoms with van der Waals surface area (Å²) in [5.41, 5.74) is 5.93. The van der Waals surface area contributed by atoms with E-state index in [1.807, 2.05) is 0 Å². The lowest BCUT2D eigenvalue weighted by Gasteiger charge is -2.35. The molecule has 0 aromatic rings. The first-order valence-electron chi connectivity index (χ1n) is 4.87. The van der Waals surface area contributed by atoms with Gasteiger partial charge in [-0.05, 0) is 24.7 Å². The smallest absolute Gasteiger partial charge is 0.0578 e. The van der Waals surface area contributed by atoms with Crippen LogP contribution in [0.25, 0.3) is 0 Å². The second-order valence-corrected chi connectivity index (χ2v) is 4.11. The Bertz CT molecular complexity index is 264. The fraction of sp³-hybridized carbons (Fsp3) is 0.636. The Kier molecular flexibility index (Phi) is 2.15. The Morgan fingerprint density at radius 3 is 2.92 bits per heavy atom. The maximum Gasteiger partial charge on any atom is 0.0578 e. The molecule has 0 aromatic heterocycles. The summed E-state index contributed by atoms with van der Waals surface area (Å²) in [5, 5.41) is 3.41. The number of rotatable bonds is 3. The van der Waals surface area contributed by atoms with Gasteiger partial charge < -0.3 is 5.73 Å². The summed E-state index contributed by atoms with van der Waals surface area (Å²) >= 11 is 0. The Morgan fingerprint density at radius 2 is 2.46 bits per heavy atom. The number of hydrogen-bond acceptors (Lipinski definition) is 2. The molecule has 0 aliphatic heterocycles. The lowest BCUT2D eigenvalue weighted by atomic mass is 9.84. The van der Waals surface area contributed by atoms with E-state index < -0.39 is 0 Å². The zero-order chi connectivity index (χ0) is 9.31. The van der Waals surface area contributed by atoms with Crippen molar-refractivity contribution in [1.82, 2.24) is 5.32 Å². The second kappa shape index (κ2) is 3.17. The van der Waals surface area contributed by atoms with Crippen molar-refractivity contribution in [1.29, 1.82) is 0 Å². The highest BCUT2D eigenvalue weighted by Crippen LogP contribution is 2.45. The average Bonchev–Trinajstić information content (AvgIpc) is 2.74. The summed E-state index contributed by atoms with van der Waals surface area (Å²) in [7, 11) is 0. The van der Waals surface area contributed by atoms with Crippen molar-refractivity contribution in [2.45, 2.75) is 18.4 Å². The Morgan fingerprint density at radius 1 is 1.62 bits per heavy atom. The number of terminal acetylenes is 1. The minimum absolute atomic E-state index is 0.103. The maximum atomic E-state index is 5.83. The predicted octanol–water partition coefficient (Wildman–Crippen LogP) is 0.503. The number of hydrogen-bond donors (Lipinski definition) is 2. The molecular weight excluding hydrogens is 160 g/mol. The van der Waals surface area contributed by atoms with E-state index in [-0.39, 0.29) is 5.54 Å². The first-order chi connectivity index (χ1) is 6.30. The molecule has 1 unspecified atom stereocenters. The van der Waals surface area contributed by atoms with Gasteiger partial charge in [-0.1, -0.05) is 18.1 Å². The standard InChI is InChI=1S/C11H16N2/c1-2-5-13-11(8-12)7-9-3-4-10(11)6-9/h1,3-4,9-10,13H,5-8,12H2/t9-,10+,11?/m0/s1. The maximum absolute atomic E-state index is 5.83. The molecule has 1 saturated carbocycles. The Balaban J connectivity index is 2.09. The third kappa shape index (κ3) is 1.29. The van der Waals surface area contributed by atoms with Crippen LogP contribution in [0, 0.1) is 24.2 Å². The van der Waals surface area contributed by atoms with Gasteiger partial charge in [0.25, 0.3) is 0 Å². The van der Waals surface area contributed by atoms with Crippen LogP contribution in [0.1, 0.15) is 12.8 Å². The van der Waals surface area contributed by atoms with E-state index in [0.29, 0.717) is 19.0 Å². The normalized spacial score (nSPS) is 40.9. The van der Waals surface area contributed by atoms with E-state index in [1.54, 1.807) is 0 Å². The third-order valence-electron chi connectivity index (χ3n) is 3.42. The van der Waals surface area contributed by atoms with Gasteiger partial charge in [0, 0.05) is 12.1 Å². The van der Waals surface area contributed by atoms with E-state index in [0.717, 1.165) is 12.3 Å². The molecule has 2 nitrogen and oxygen atoms in total. The fourth-order valence-corrected chi connectivity index (χ4v) is 2.69. The summed E-state index contributed by atoms with van der Waals surface area (Å²) in [6.45, 7) is 1.33. The lowest BCUT2D eigenvalue weighted by Crippen LogP contribution is -2.54. The van der Waals surface area contributed by atoms with Gasteiger partial charge in [0.1, 0.15) is 0 Å². The molecule has 0 heterocycles. The summed E-state index contributed by atoms with van der Waals surface area (Å²) in [5.74, 6) is 3.96. The molecule has 2 aliphatic carbocycles. The van der Waals surface area contributed by atoms with Crippen LogP contribution in [-0.4, -0.2) is 18.6 Å². The van der Waals surface area contributed by atoms with Crippen LogP contribution in [0.4, 0.5) is 0 Å². The molecule has 1 fully saturated rings. The molecule has 2 aliphatic rings. The third-order valence-corrected chi connectivity index (χ3v) is 3.42. The minimum Gasteiger partial charge on any atom is -0.329 e. The van der Waals surface area contributed by atoms with Crippen LogP contribution in [-0.2, 0) is 0 Å². The first-order valence-corrected chi connectivity index (χ1v) is 4.87. The van der Waals surface area contributed by atoms with Gasteiger partial charge in [-0.3, -0.25) is 5.32 Å². The highest BCUT2D eigenvalue weighted by Gasteiger charge is 2.46. The summed E-state index contributed by atoms with van der Waals surface area (Å²) in [6.07, 6.45) is 12.3. The molecule has 70 valence electrons. The molecule has 13 heavy (non-hydrogen) atoms. The first kappa shape index (κ1) is 8.80. The van der Waals surface area contributed by atoms with Crippen LogP contribution in [0.5, 0.6) is 0 Å². The molecule has 3 N–H and O–H groups in total. The number of nitrogens with two attached hydrogens (primary N) is 1. The van der Waals surface area contributed by atoms with E-state index in [1.165, 1.54) is 6.42 Å². The van der Waals surface area contributed by atoms with Crippen LogP contribution < -0.4 is 11.1 Å². The highest BCUT2D eigenvalue weighted by atomic mass is 15.0. The number of fused-ring (bicyclic) bond motifs is 2. The van der Waals surface area contributed by atoms with Crippen molar-refractivity contribution in [3.63, 3.8) is 0 Å². The van der Waals surface area contributed by atoms with Crippen molar-refractivity contribution in [2.24, 2.45) is 17.6 Å². The van der Waals surface area contributed by atoms with Gasteiger partial charge in [-0.25, -0.2) is 0 Å². The van der Waals surface area contributed by atoms with Gasteiger partial charge in [0.05, 0.1) is 6.54 Å². The molecule has 2 rings (SSSR count). The largest absolute Gasteiger partial charge is 0.329 e. The van der Waals surface area contributed by atoms with Gasteiger partial charge in [-0.15, -0.1) is 6.42 Å². The average molecular weight is 176 g/mol. The molecular formula is C11H16N2. The van der Waals surface area contributed by atoms with Crippen LogP contribution >= 0.6 is 0 Å². The summed E-state index contributed by atoms with van der Waals surface area (Å²) < 4.78 is 0. The van der Waals surface area contributed by atoms with Crippen LogP contribution in [0.15, 0.2) is 12.2 Å². The lowest BCUT2D eigenvalue weighted by molar-refractivity contribution is 0.293. The summed E-state index contributed by atoms with van der Waals surface area (Å²) in [4.78, 5) is 0. The van der Waals surface area contributed by atoms with Crippen LogP contribution in [0.2, 0.25) is 0 Å². The summed E-state index contributed by atoms with van der Waals surface area (Å²) in [6, 6.07) is 0. The molecule has 0 aromatic carbocycles. The molecule has 0 spiro atoms. The van der Waals surface area contributed by atoms with Gasteiger partial charge in [0.15, 0.2) is 0 Å². The predicted molar refractivity (Wildman–Crippen MR) is 54.0 cm³/mol. The van der Waals surface area contributed by atoms with E-state index in [9.17, 15) is 0 Å². The monoisotopic (exact) mass is 176 g/mol. The molecule has 2 bridgehead atoms. The number of allylic oxidation sites excluding steroid dienone is 1. The quantitative estimate of drug-likeness (QED) is 0.485. The van der Waals surface area contributed by atoms with Gasteiger partial charge in [0.2, 0.25) is 0 Å². The van der Waals surface area contributed by atoms with E-state index in [4.69, 9.17) is 12.2 Å². The van der Waals surface area contributed by atoms with E-state index in [2.05, 4.69) is 23.4 Å². The molecule has 2 heteroatoms. The van der Waals surface area contributed by atoms with Crippen molar-refractivity contribution >= 4 is 0 Å². The van der Waals surface area contributed by atoms with Crippen LogP contribution in [0.3, 0.4) is 0 Å². The SMILES string of the molecule is C#CCNC1(CN)C[C@H]2C=C[C@@H]1C2. The highest BCUT2D eigenvalue weighted by molar-refractivity contribution is 5.20. The fourth-order valence-electron chi connectivity index (χ4n) is 2.69. The van der Waals surface area contributed by atoms with Crippen molar-refractivity contribution in [3.05, 3.63) is 12.2 Å². The topological polar surface area (TPSA) is 38.0 Å². The van der Waals surface area contributed by atoms with Crippen molar-refractivity contribution < 1.29 is 0 Å². The molecule has 3 atom stereocenters. The van der Waals surface area contributed by atoms with Gasteiger partial charge in [-0.2, -0.15) is 0 Å². The Hall–Kier alpha value is -0.780. The zero-order valence-corrected chi connectivity index (χ0v) is 7.79. The molecule has 0 radical (unpaired) electrons. The van der Waals surface area contributed by atoms with Crippen molar-refractivity contribution in [2.75, 3.05) is 13.1 Å². The minimum atomic E-state index is 0.103. The molecule has 0 amide bonds. The van der Waals surface area contributed by atoms with E-state index >= 15 is 0 Å². The van der Waals surface area contributed by atoms with Crippen molar-refractivity contribution in [3.8, 4) is 12.3 Å². The van der Waals surface area contributed by atoms with Gasteiger partial charge >= 0.3 is 0 Å².